The highest BCUT2D eigenvalue weighted by Crippen LogP contribution is 2.12. The van der Waals surface area contributed by atoms with Gasteiger partial charge in [0.25, 0.3) is 0 Å². The van der Waals surface area contributed by atoms with Crippen LogP contribution in [0.25, 0.3) is 0 Å². The molecule has 0 spiro atoms. The van der Waals surface area contributed by atoms with E-state index in [0.29, 0.717) is 0 Å². The van der Waals surface area contributed by atoms with Gasteiger partial charge in [-0.1, -0.05) is 0 Å². The van der Waals surface area contributed by atoms with Crippen molar-refractivity contribution in [2.75, 3.05) is 6.54 Å². The Morgan fingerprint density at radius 3 is 2.38 bits per heavy atom. The van der Waals surface area contributed by atoms with Crippen molar-refractivity contribution >= 4 is 5.97 Å². The Morgan fingerprint density at radius 2 is 2.08 bits per heavy atom. The van der Waals surface area contributed by atoms with Crippen molar-refractivity contribution in [3.63, 3.8) is 0 Å². The number of aliphatic carboxylic acids is 1. The molecule has 74 valence electrons. The molecule has 0 aromatic heterocycles. The Bertz CT molecular complexity index is 240. The average molecular weight is 197 g/mol. The summed E-state index contributed by atoms with van der Waals surface area (Å²) in [7, 11) is 0. The third-order valence-electron chi connectivity index (χ3n) is 0.962. The predicted octanol–water partition coefficient (Wildman–Crippen LogP) is -0.0751. The van der Waals surface area contributed by atoms with Gasteiger partial charge in [0.2, 0.25) is 0 Å². The Balaban J connectivity index is 4.11. The second kappa shape index (κ2) is 4.57. The van der Waals surface area contributed by atoms with Crippen molar-refractivity contribution in [3.8, 4) is 12.0 Å². The zero-order valence-corrected chi connectivity index (χ0v) is 6.22. The largest absolute Gasteiger partial charge is 0.479 e. The maximum absolute atomic E-state index is 11.6. The van der Waals surface area contributed by atoms with Gasteiger partial charge in [0.05, 0.1) is 6.54 Å². The van der Waals surface area contributed by atoms with Crippen LogP contribution in [0.1, 0.15) is 0 Å². The summed E-state index contributed by atoms with van der Waals surface area (Å²) in [6.45, 7) is -1.47. The fourth-order valence-corrected chi connectivity index (χ4v) is 0.482. The van der Waals surface area contributed by atoms with E-state index in [9.17, 15) is 18.0 Å². The van der Waals surface area contributed by atoms with Gasteiger partial charge >= 0.3 is 12.1 Å². The molecule has 1 atom stereocenters. The number of alkyl halides is 3. The summed E-state index contributed by atoms with van der Waals surface area (Å²) in [4.78, 5) is 10.2. The number of hydrogen-bond acceptors (Lipinski definition) is 3. The first kappa shape index (κ1) is 11.6. The molecule has 0 rings (SSSR count). The summed E-state index contributed by atoms with van der Waals surface area (Å²) < 4.78 is 34.7. The lowest BCUT2D eigenvalue weighted by Crippen LogP contribution is -2.41. The molecule has 0 aliphatic carbocycles. The molecular weight excluding hydrogens is 191 g/mol. The van der Waals surface area contributed by atoms with Crippen LogP contribution >= 0.6 is 0 Å². The molecule has 13 heavy (non-hydrogen) atoms. The zero-order chi connectivity index (χ0) is 10.5. The number of carboxylic acid groups (broad SMARTS) is 1. The van der Waals surface area contributed by atoms with Crippen molar-refractivity contribution in [2.24, 2.45) is 0 Å². The number of hydrogen-bond donors (Lipinski definition) is 3. The van der Waals surface area contributed by atoms with Crippen LogP contribution in [-0.4, -0.2) is 34.9 Å². The van der Waals surface area contributed by atoms with Crippen molar-refractivity contribution < 1.29 is 28.2 Å². The first-order valence-electron chi connectivity index (χ1n) is 3.04. The van der Waals surface area contributed by atoms with Crippen LogP contribution in [0.4, 0.5) is 13.2 Å². The van der Waals surface area contributed by atoms with Crippen LogP contribution in [0.5, 0.6) is 0 Å². The number of aliphatic hydroxyl groups excluding tert-OH is 1. The summed E-state index contributed by atoms with van der Waals surface area (Å²) in [5.41, 5.74) is 0. The van der Waals surface area contributed by atoms with Gasteiger partial charge in [-0.05, 0) is 5.92 Å². The first-order chi connectivity index (χ1) is 5.87. The van der Waals surface area contributed by atoms with E-state index in [0.717, 1.165) is 0 Å². The zero-order valence-electron chi connectivity index (χ0n) is 6.22. The van der Waals surface area contributed by atoms with Crippen LogP contribution < -0.4 is 5.32 Å². The quantitative estimate of drug-likeness (QED) is 0.553. The maximum atomic E-state index is 11.6. The number of halogens is 3. The lowest BCUT2D eigenvalue weighted by atomic mass is 10.3. The van der Waals surface area contributed by atoms with E-state index >= 15 is 0 Å². The molecule has 0 heterocycles. The SMILES string of the molecule is O=C(O)[C@H](C#CO)NCC(F)(F)F. The van der Waals surface area contributed by atoms with Gasteiger partial charge < -0.3 is 10.2 Å². The van der Waals surface area contributed by atoms with E-state index in [4.69, 9.17) is 10.2 Å². The fraction of sp³-hybridized carbons (Fsp3) is 0.500. The number of carbonyl (C=O) groups is 1. The van der Waals surface area contributed by atoms with Crippen LogP contribution in [0.3, 0.4) is 0 Å². The van der Waals surface area contributed by atoms with Crippen LogP contribution in [-0.2, 0) is 4.79 Å². The molecule has 7 heteroatoms. The molecule has 0 aliphatic rings. The van der Waals surface area contributed by atoms with Crippen molar-refractivity contribution in [3.05, 3.63) is 0 Å². The van der Waals surface area contributed by atoms with Gasteiger partial charge in [-0.15, -0.1) is 0 Å². The Hall–Kier alpha value is -1.42. The molecule has 0 bridgehead atoms. The van der Waals surface area contributed by atoms with Gasteiger partial charge in [-0.2, -0.15) is 13.2 Å². The minimum absolute atomic E-state index is 1.22. The molecule has 0 unspecified atom stereocenters. The molecule has 0 amide bonds. The van der Waals surface area contributed by atoms with E-state index < -0.39 is 24.7 Å². The van der Waals surface area contributed by atoms with Crippen molar-refractivity contribution in [1.82, 2.24) is 5.32 Å². The van der Waals surface area contributed by atoms with Gasteiger partial charge in [-0.25, -0.2) is 4.79 Å². The Kier molecular flexibility index (Phi) is 4.07. The normalized spacial score (nSPS) is 12.8. The molecule has 0 fully saturated rings. The van der Waals surface area contributed by atoms with Gasteiger partial charge in [0.1, 0.15) is 6.11 Å². The third-order valence-corrected chi connectivity index (χ3v) is 0.962. The molecule has 0 saturated carbocycles. The van der Waals surface area contributed by atoms with Gasteiger partial charge in [-0.3, -0.25) is 5.32 Å². The summed E-state index contributed by atoms with van der Waals surface area (Å²) in [6.07, 6.45) is -3.28. The Morgan fingerprint density at radius 1 is 1.54 bits per heavy atom. The lowest BCUT2D eigenvalue weighted by Gasteiger charge is -2.10. The third kappa shape index (κ3) is 5.81. The molecule has 4 nitrogen and oxygen atoms in total. The topological polar surface area (TPSA) is 69.6 Å². The highest BCUT2D eigenvalue weighted by molar-refractivity contribution is 5.77. The Labute approximate surface area is 71.4 Å². The van der Waals surface area contributed by atoms with Crippen LogP contribution in [0.2, 0.25) is 0 Å². The minimum atomic E-state index is -4.51. The standard InChI is InChI=1S/C6H6F3NO3/c7-6(8,9)3-10-4(1-2-11)5(12)13/h4,10-11H,3H2,(H,12,13)/t4-/m0/s1. The van der Waals surface area contributed by atoms with Gasteiger partial charge in [0, 0.05) is 0 Å². The fourth-order valence-electron chi connectivity index (χ4n) is 0.482. The molecular formula is C6H6F3NO3. The summed E-state index contributed by atoms with van der Waals surface area (Å²) in [5, 5.41) is 17.8. The monoisotopic (exact) mass is 197 g/mol. The van der Waals surface area contributed by atoms with E-state index in [1.54, 1.807) is 11.2 Å². The number of aliphatic hydroxyl groups is 1. The van der Waals surface area contributed by atoms with E-state index in [1.807, 2.05) is 0 Å². The summed E-state index contributed by atoms with van der Waals surface area (Å²) >= 11 is 0. The van der Waals surface area contributed by atoms with E-state index in [1.165, 1.54) is 6.11 Å². The number of carboxylic acids is 1. The number of nitrogens with one attached hydrogen (secondary N) is 1. The van der Waals surface area contributed by atoms with E-state index in [2.05, 4.69) is 0 Å². The number of rotatable bonds is 3. The molecule has 0 aromatic rings. The van der Waals surface area contributed by atoms with Crippen molar-refractivity contribution in [1.29, 1.82) is 0 Å². The first-order valence-corrected chi connectivity index (χ1v) is 3.04. The smallest absolute Gasteiger partial charge is 0.401 e. The average Bonchev–Trinajstić information content (AvgIpc) is 1.95. The van der Waals surface area contributed by atoms with Crippen molar-refractivity contribution in [2.45, 2.75) is 12.2 Å². The molecule has 0 radical (unpaired) electrons. The van der Waals surface area contributed by atoms with Crippen LogP contribution in [0, 0.1) is 12.0 Å². The van der Waals surface area contributed by atoms with E-state index in [-0.39, 0.29) is 0 Å². The van der Waals surface area contributed by atoms with Gasteiger partial charge in [0.15, 0.2) is 6.04 Å². The molecule has 0 aromatic carbocycles. The molecule has 3 N–H and O–H groups in total. The summed E-state index contributed by atoms with van der Waals surface area (Å²) in [6, 6.07) is -1.72. The highest BCUT2D eigenvalue weighted by atomic mass is 19.4. The predicted molar refractivity (Wildman–Crippen MR) is 35.2 cm³/mol. The second-order valence-corrected chi connectivity index (χ2v) is 2.02. The summed E-state index contributed by atoms with van der Waals surface area (Å²) in [5.74, 6) is 0.0716. The second-order valence-electron chi connectivity index (χ2n) is 2.02. The maximum Gasteiger partial charge on any atom is 0.401 e. The molecule has 0 saturated heterocycles. The lowest BCUT2D eigenvalue weighted by molar-refractivity contribution is -0.141. The minimum Gasteiger partial charge on any atom is -0.479 e. The highest BCUT2D eigenvalue weighted by Gasteiger charge is 2.29. The molecule has 0 aliphatic heterocycles. The van der Waals surface area contributed by atoms with Crippen LogP contribution in [0.15, 0.2) is 0 Å².